The fourth-order valence-electron chi connectivity index (χ4n) is 3.39. The first-order valence-electron chi connectivity index (χ1n) is 8.17. The number of carbonyl (C=O) groups excluding carboxylic acids is 1. The average Bonchev–Trinajstić information content (AvgIpc) is 3.22. The molecule has 0 aliphatic carbocycles. The van der Waals surface area contributed by atoms with Crippen molar-refractivity contribution in [2.75, 3.05) is 5.32 Å². The lowest BCUT2D eigenvalue weighted by molar-refractivity contribution is -0.121. The molecule has 0 aromatic heterocycles. The molecule has 2 aromatic rings. The van der Waals surface area contributed by atoms with Crippen LogP contribution in [0.1, 0.15) is 19.3 Å². The molecule has 3 atom stereocenters. The van der Waals surface area contributed by atoms with Crippen LogP contribution in [0.15, 0.2) is 48.5 Å². The lowest BCUT2D eigenvalue weighted by Gasteiger charge is -2.18. The number of hydrogen-bond donors (Lipinski definition) is 1. The van der Waals surface area contributed by atoms with Crippen LogP contribution in [-0.4, -0.2) is 18.1 Å². The van der Waals surface area contributed by atoms with Gasteiger partial charge in [-0.15, -0.1) is 0 Å². The summed E-state index contributed by atoms with van der Waals surface area (Å²) in [5.74, 6) is 0.869. The van der Waals surface area contributed by atoms with Crippen LogP contribution in [-0.2, 0) is 9.53 Å². The van der Waals surface area contributed by atoms with Gasteiger partial charge in [-0.2, -0.15) is 0 Å². The van der Waals surface area contributed by atoms with E-state index in [0.29, 0.717) is 11.5 Å². The maximum Gasteiger partial charge on any atom is 0.230 e. The summed E-state index contributed by atoms with van der Waals surface area (Å²) >= 11 is 0. The van der Waals surface area contributed by atoms with Gasteiger partial charge in [0, 0.05) is 5.69 Å². The Bertz CT molecular complexity index is 729. The molecular formula is C19H18FNO3. The normalized spacial score (nSPS) is 24.8. The quantitative estimate of drug-likeness (QED) is 0.919. The number of hydrogen-bond acceptors (Lipinski definition) is 3. The molecule has 2 aliphatic heterocycles. The first-order valence-corrected chi connectivity index (χ1v) is 8.17. The van der Waals surface area contributed by atoms with E-state index in [2.05, 4.69) is 5.32 Å². The summed E-state index contributed by atoms with van der Waals surface area (Å²) in [4.78, 5) is 12.4. The predicted molar refractivity (Wildman–Crippen MR) is 87.5 cm³/mol. The summed E-state index contributed by atoms with van der Waals surface area (Å²) in [7, 11) is 0. The van der Waals surface area contributed by atoms with Crippen LogP contribution < -0.4 is 10.1 Å². The Morgan fingerprint density at radius 1 is 1.04 bits per heavy atom. The van der Waals surface area contributed by atoms with Crippen molar-refractivity contribution in [3.8, 4) is 11.5 Å². The third-order valence-electron chi connectivity index (χ3n) is 4.61. The minimum Gasteiger partial charge on any atom is -0.457 e. The van der Waals surface area contributed by atoms with Gasteiger partial charge in [-0.1, -0.05) is 0 Å². The van der Waals surface area contributed by atoms with Crippen molar-refractivity contribution in [2.24, 2.45) is 5.92 Å². The fraction of sp³-hybridized carbons (Fsp3) is 0.316. The van der Waals surface area contributed by atoms with E-state index >= 15 is 0 Å². The van der Waals surface area contributed by atoms with Crippen molar-refractivity contribution in [3.05, 3.63) is 54.3 Å². The molecule has 5 heteroatoms. The molecule has 1 amide bonds. The second kappa shape index (κ2) is 6.24. The summed E-state index contributed by atoms with van der Waals surface area (Å²) in [6.45, 7) is 0. The van der Waals surface area contributed by atoms with E-state index in [1.807, 2.05) is 0 Å². The molecule has 2 aliphatic rings. The van der Waals surface area contributed by atoms with Gasteiger partial charge in [0.1, 0.15) is 17.3 Å². The number of rotatable bonds is 4. The zero-order chi connectivity index (χ0) is 16.5. The molecule has 3 unspecified atom stereocenters. The average molecular weight is 327 g/mol. The number of carbonyl (C=O) groups is 1. The summed E-state index contributed by atoms with van der Waals surface area (Å²) in [5.41, 5.74) is 0.731. The first kappa shape index (κ1) is 15.1. The van der Waals surface area contributed by atoms with Gasteiger partial charge in [0.05, 0.1) is 18.1 Å². The SMILES string of the molecule is O=C(Nc1ccc(Oc2ccc(F)cc2)cc1)C1CC2CCC1O2. The van der Waals surface area contributed by atoms with E-state index in [1.54, 1.807) is 36.4 Å². The van der Waals surface area contributed by atoms with Crippen molar-refractivity contribution in [3.63, 3.8) is 0 Å². The Labute approximate surface area is 139 Å². The molecule has 4 rings (SSSR count). The maximum atomic E-state index is 12.9. The molecule has 0 saturated carbocycles. The van der Waals surface area contributed by atoms with Gasteiger partial charge >= 0.3 is 0 Å². The Morgan fingerprint density at radius 2 is 1.71 bits per heavy atom. The molecule has 0 radical (unpaired) electrons. The highest BCUT2D eigenvalue weighted by atomic mass is 19.1. The summed E-state index contributed by atoms with van der Waals surface area (Å²) in [5, 5.41) is 2.94. The minimum atomic E-state index is -0.301. The number of benzene rings is 2. The highest BCUT2D eigenvalue weighted by Gasteiger charge is 2.44. The summed E-state index contributed by atoms with van der Waals surface area (Å²) < 4.78 is 24.2. The second-order valence-electron chi connectivity index (χ2n) is 6.29. The van der Waals surface area contributed by atoms with E-state index < -0.39 is 0 Å². The van der Waals surface area contributed by atoms with Gasteiger partial charge in [-0.3, -0.25) is 4.79 Å². The fourth-order valence-corrected chi connectivity index (χ4v) is 3.39. The van der Waals surface area contributed by atoms with Crippen molar-refractivity contribution < 1.29 is 18.7 Å². The standard InChI is InChI=1S/C19H18FNO3/c20-12-1-5-14(6-2-12)23-15-7-3-13(4-8-15)21-19(22)17-11-16-9-10-18(17)24-16/h1-8,16-18H,9-11H2,(H,21,22). The zero-order valence-electron chi connectivity index (χ0n) is 13.1. The molecule has 2 aromatic carbocycles. The molecule has 4 nitrogen and oxygen atoms in total. The van der Waals surface area contributed by atoms with Gasteiger partial charge in [-0.25, -0.2) is 4.39 Å². The van der Waals surface area contributed by atoms with E-state index in [9.17, 15) is 9.18 Å². The molecular weight excluding hydrogens is 309 g/mol. The minimum absolute atomic E-state index is 0.0226. The topological polar surface area (TPSA) is 47.6 Å². The molecule has 2 heterocycles. The lowest BCUT2D eigenvalue weighted by atomic mass is 9.88. The van der Waals surface area contributed by atoms with Crippen LogP contribution in [0.25, 0.3) is 0 Å². The van der Waals surface area contributed by atoms with Crippen LogP contribution in [0.4, 0.5) is 10.1 Å². The predicted octanol–water partition coefficient (Wildman–Crippen LogP) is 4.12. The number of ether oxygens (including phenoxy) is 2. The van der Waals surface area contributed by atoms with Crippen molar-refractivity contribution in [1.82, 2.24) is 0 Å². The Morgan fingerprint density at radius 3 is 2.29 bits per heavy atom. The second-order valence-corrected chi connectivity index (χ2v) is 6.29. The maximum absolute atomic E-state index is 12.9. The number of amides is 1. The number of nitrogens with one attached hydrogen (secondary N) is 1. The van der Waals surface area contributed by atoms with Gasteiger partial charge in [0.15, 0.2) is 0 Å². The Balaban J connectivity index is 1.37. The third kappa shape index (κ3) is 3.12. The smallest absolute Gasteiger partial charge is 0.230 e. The summed E-state index contributed by atoms with van der Waals surface area (Å²) in [6, 6.07) is 13.0. The van der Waals surface area contributed by atoms with Crippen molar-refractivity contribution in [2.45, 2.75) is 31.5 Å². The van der Waals surface area contributed by atoms with Gasteiger partial charge in [0.2, 0.25) is 5.91 Å². The number of anilines is 1. The number of fused-ring (bicyclic) bond motifs is 2. The first-order chi connectivity index (χ1) is 11.7. The van der Waals surface area contributed by atoms with E-state index in [4.69, 9.17) is 9.47 Å². The van der Waals surface area contributed by atoms with Gasteiger partial charge in [-0.05, 0) is 67.8 Å². The van der Waals surface area contributed by atoms with E-state index in [0.717, 1.165) is 24.9 Å². The highest BCUT2D eigenvalue weighted by molar-refractivity contribution is 5.93. The molecule has 2 fully saturated rings. The van der Waals surface area contributed by atoms with Crippen LogP contribution in [0, 0.1) is 11.7 Å². The molecule has 2 saturated heterocycles. The van der Waals surface area contributed by atoms with E-state index in [1.165, 1.54) is 12.1 Å². The largest absolute Gasteiger partial charge is 0.457 e. The van der Waals surface area contributed by atoms with Crippen molar-refractivity contribution >= 4 is 11.6 Å². The molecule has 2 bridgehead atoms. The van der Waals surface area contributed by atoms with Gasteiger partial charge < -0.3 is 14.8 Å². The summed E-state index contributed by atoms with van der Waals surface area (Å²) in [6.07, 6.45) is 3.22. The third-order valence-corrected chi connectivity index (χ3v) is 4.61. The van der Waals surface area contributed by atoms with Crippen LogP contribution in [0.5, 0.6) is 11.5 Å². The lowest BCUT2D eigenvalue weighted by Crippen LogP contribution is -2.30. The van der Waals surface area contributed by atoms with Crippen LogP contribution in [0.2, 0.25) is 0 Å². The van der Waals surface area contributed by atoms with E-state index in [-0.39, 0.29) is 29.9 Å². The molecule has 1 N–H and O–H groups in total. The van der Waals surface area contributed by atoms with Crippen molar-refractivity contribution in [1.29, 1.82) is 0 Å². The van der Waals surface area contributed by atoms with Gasteiger partial charge in [0.25, 0.3) is 0 Å². The molecule has 0 spiro atoms. The Hall–Kier alpha value is -2.40. The molecule has 124 valence electrons. The molecule has 24 heavy (non-hydrogen) atoms. The highest BCUT2D eigenvalue weighted by Crippen LogP contribution is 2.39. The van der Waals surface area contributed by atoms with Crippen LogP contribution in [0.3, 0.4) is 0 Å². The number of halogens is 1. The Kier molecular flexibility index (Phi) is 3.94. The monoisotopic (exact) mass is 327 g/mol. The van der Waals surface area contributed by atoms with Crippen LogP contribution >= 0.6 is 0 Å². The zero-order valence-corrected chi connectivity index (χ0v) is 13.1.